The van der Waals surface area contributed by atoms with Gasteiger partial charge in [-0.15, -0.1) is 0 Å². The topological polar surface area (TPSA) is 35.2 Å². The van der Waals surface area contributed by atoms with Crippen molar-refractivity contribution in [2.24, 2.45) is 0 Å². The number of methoxy groups -OCH3 is 1. The van der Waals surface area contributed by atoms with Crippen LogP contribution in [0, 0.1) is 0 Å². The molecule has 2 nitrogen and oxygen atoms in total. The third-order valence-corrected chi connectivity index (χ3v) is 3.88. The fraction of sp³-hybridized carbons (Fsp3) is 0.0769. The predicted octanol–water partition coefficient (Wildman–Crippen LogP) is 4.08. The Morgan fingerprint density at radius 2 is 1.88 bits per heavy atom. The van der Waals surface area contributed by atoms with Crippen LogP contribution in [-0.4, -0.2) is 7.11 Å². The van der Waals surface area contributed by atoms with Gasteiger partial charge in [-0.25, -0.2) is 0 Å². The molecule has 0 amide bonds. The lowest BCUT2D eigenvalue weighted by Gasteiger charge is -2.08. The second-order valence-electron chi connectivity index (χ2n) is 3.44. The van der Waals surface area contributed by atoms with Crippen LogP contribution < -0.4 is 10.5 Å². The maximum Gasteiger partial charge on any atom is 0.120 e. The maximum atomic E-state index is 6.10. The van der Waals surface area contributed by atoms with E-state index in [9.17, 15) is 0 Å². The molecule has 0 aliphatic carbocycles. The number of rotatable bonds is 3. The summed E-state index contributed by atoms with van der Waals surface area (Å²) >= 11 is 7.65. The van der Waals surface area contributed by atoms with Crippen molar-refractivity contribution in [2.75, 3.05) is 12.8 Å². The van der Waals surface area contributed by atoms with Crippen molar-refractivity contribution in [1.29, 1.82) is 0 Å². The first-order valence-electron chi connectivity index (χ1n) is 5.06. The molecule has 4 heteroatoms. The normalized spacial score (nSPS) is 10.2. The van der Waals surface area contributed by atoms with Crippen LogP contribution in [0.15, 0.2) is 52.3 Å². The predicted molar refractivity (Wildman–Crippen MR) is 73.0 cm³/mol. The van der Waals surface area contributed by atoms with Gasteiger partial charge in [0.05, 0.1) is 12.1 Å². The molecule has 0 unspecified atom stereocenters. The van der Waals surface area contributed by atoms with E-state index >= 15 is 0 Å². The smallest absolute Gasteiger partial charge is 0.120 e. The Labute approximate surface area is 110 Å². The molecule has 2 aromatic carbocycles. The average Bonchev–Trinajstić information content (AvgIpc) is 2.34. The Kier molecular flexibility index (Phi) is 3.82. The fourth-order valence-corrected chi connectivity index (χ4v) is 2.51. The van der Waals surface area contributed by atoms with Crippen LogP contribution in [-0.2, 0) is 0 Å². The minimum atomic E-state index is 0.689. The van der Waals surface area contributed by atoms with E-state index in [2.05, 4.69) is 0 Å². The molecule has 0 saturated heterocycles. The van der Waals surface area contributed by atoms with Crippen LogP contribution in [0.2, 0.25) is 5.02 Å². The zero-order chi connectivity index (χ0) is 12.3. The third kappa shape index (κ3) is 2.87. The highest BCUT2D eigenvalue weighted by Crippen LogP contribution is 2.37. The zero-order valence-corrected chi connectivity index (χ0v) is 10.9. The lowest BCUT2D eigenvalue weighted by atomic mass is 10.3. The number of nitrogen functional groups attached to an aromatic ring is 1. The molecule has 0 spiro atoms. The van der Waals surface area contributed by atoms with Gasteiger partial charge in [-0.1, -0.05) is 35.5 Å². The first-order valence-corrected chi connectivity index (χ1v) is 6.26. The molecule has 0 aliphatic heterocycles. The van der Waals surface area contributed by atoms with Crippen LogP contribution >= 0.6 is 23.4 Å². The molecular formula is C13H12ClNOS. The van der Waals surface area contributed by atoms with Crippen molar-refractivity contribution in [3.63, 3.8) is 0 Å². The molecule has 0 fully saturated rings. The minimum Gasteiger partial charge on any atom is -0.497 e. The molecule has 0 atom stereocenters. The summed E-state index contributed by atoms with van der Waals surface area (Å²) in [6.45, 7) is 0. The number of hydrogen-bond acceptors (Lipinski definition) is 3. The van der Waals surface area contributed by atoms with Gasteiger partial charge in [0.25, 0.3) is 0 Å². The van der Waals surface area contributed by atoms with Crippen LogP contribution in [0.1, 0.15) is 0 Å². The van der Waals surface area contributed by atoms with E-state index < -0.39 is 0 Å². The third-order valence-electron chi connectivity index (χ3n) is 2.27. The molecule has 0 aromatic heterocycles. The van der Waals surface area contributed by atoms with Crippen LogP contribution in [0.5, 0.6) is 5.75 Å². The SMILES string of the molecule is COc1ccc(Sc2ccccc2Cl)c(N)c1. The molecule has 0 radical (unpaired) electrons. The van der Waals surface area contributed by atoms with Gasteiger partial charge in [-0.05, 0) is 24.3 Å². The highest BCUT2D eigenvalue weighted by atomic mass is 35.5. The summed E-state index contributed by atoms with van der Waals surface area (Å²) in [4.78, 5) is 1.96. The lowest BCUT2D eigenvalue weighted by Crippen LogP contribution is -1.90. The van der Waals surface area contributed by atoms with Gasteiger partial charge in [0.15, 0.2) is 0 Å². The van der Waals surface area contributed by atoms with Gasteiger partial charge in [0.1, 0.15) is 5.75 Å². The van der Waals surface area contributed by atoms with Gasteiger partial charge < -0.3 is 10.5 Å². The Morgan fingerprint density at radius 1 is 1.12 bits per heavy atom. The van der Waals surface area contributed by atoms with Crippen LogP contribution in [0.25, 0.3) is 0 Å². The number of anilines is 1. The van der Waals surface area contributed by atoms with Gasteiger partial charge in [-0.2, -0.15) is 0 Å². The van der Waals surface area contributed by atoms with Crippen molar-refractivity contribution in [3.8, 4) is 5.75 Å². The Hall–Kier alpha value is -1.32. The number of benzene rings is 2. The summed E-state index contributed by atoms with van der Waals surface area (Å²) in [5.41, 5.74) is 6.64. The van der Waals surface area contributed by atoms with Gasteiger partial charge in [0.2, 0.25) is 0 Å². The number of ether oxygens (including phenoxy) is 1. The number of hydrogen-bond donors (Lipinski definition) is 1. The second kappa shape index (κ2) is 5.34. The zero-order valence-electron chi connectivity index (χ0n) is 9.31. The molecular weight excluding hydrogens is 254 g/mol. The van der Waals surface area contributed by atoms with Crippen molar-refractivity contribution >= 4 is 29.1 Å². The molecule has 0 bridgehead atoms. The molecule has 2 N–H and O–H groups in total. The summed E-state index contributed by atoms with van der Waals surface area (Å²) in [7, 11) is 1.62. The molecule has 88 valence electrons. The number of nitrogens with two attached hydrogens (primary N) is 1. The second-order valence-corrected chi connectivity index (χ2v) is 4.93. The van der Waals surface area contributed by atoms with E-state index in [-0.39, 0.29) is 0 Å². The quantitative estimate of drug-likeness (QED) is 0.850. The largest absolute Gasteiger partial charge is 0.497 e. The van der Waals surface area contributed by atoms with E-state index in [0.717, 1.165) is 20.6 Å². The molecule has 17 heavy (non-hydrogen) atoms. The summed E-state index contributed by atoms with van der Waals surface area (Å²) in [6.07, 6.45) is 0. The van der Waals surface area contributed by atoms with E-state index in [1.54, 1.807) is 24.9 Å². The molecule has 0 aliphatic rings. The Balaban J connectivity index is 2.28. The van der Waals surface area contributed by atoms with Crippen molar-refractivity contribution in [3.05, 3.63) is 47.5 Å². The minimum absolute atomic E-state index is 0.689. The summed E-state index contributed by atoms with van der Waals surface area (Å²) in [6, 6.07) is 13.3. The summed E-state index contributed by atoms with van der Waals surface area (Å²) in [5, 5.41) is 0.729. The maximum absolute atomic E-state index is 6.10. The standard InChI is InChI=1S/C13H12ClNOS/c1-16-9-6-7-13(11(15)8-9)17-12-5-3-2-4-10(12)14/h2-8H,15H2,1H3. The van der Waals surface area contributed by atoms with E-state index in [4.69, 9.17) is 22.1 Å². The molecule has 0 heterocycles. The van der Waals surface area contributed by atoms with Gasteiger partial charge >= 0.3 is 0 Å². The van der Waals surface area contributed by atoms with E-state index in [1.807, 2.05) is 36.4 Å². The van der Waals surface area contributed by atoms with E-state index in [1.165, 1.54) is 0 Å². The first-order chi connectivity index (χ1) is 8.20. The Bertz CT molecular complexity index is 531. The lowest BCUT2D eigenvalue weighted by molar-refractivity contribution is 0.415. The van der Waals surface area contributed by atoms with Crippen LogP contribution in [0.3, 0.4) is 0 Å². The van der Waals surface area contributed by atoms with Gasteiger partial charge in [-0.3, -0.25) is 0 Å². The first kappa shape index (κ1) is 12.1. The van der Waals surface area contributed by atoms with Gasteiger partial charge in [0, 0.05) is 21.5 Å². The van der Waals surface area contributed by atoms with Crippen molar-refractivity contribution < 1.29 is 4.74 Å². The van der Waals surface area contributed by atoms with Crippen molar-refractivity contribution in [2.45, 2.75) is 9.79 Å². The molecule has 2 rings (SSSR count). The van der Waals surface area contributed by atoms with Crippen LogP contribution in [0.4, 0.5) is 5.69 Å². The average molecular weight is 266 g/mol. The Morgan fingerprint density at radius 3 is 2.53 bits per heavy atom. The highest BCUT2D eigenvalue weighted by molar-refractivity contribution is 7.99. The molecule has 0 saturated carbocycles. The summed E-state index contributed by atoms with van der Waals surface area (Å²) in [5.74, 6) is 0.756. The number of halogens is 1. The highest BCUT2D eigenvalue weighted by Gasteiger charge is 2.06. The fourth-order valence-electron chi connectivity index (χ4n) is 1.39. The summed E-state index contributed by atoms with van der Waals surface area (Å²) < 4.78 is 5.11. The molecule has 2 aromatic rings. The van der Waals surface area contributed by atoms with E-state index in [0.29, 0.717) is 5.69 Å². The van der Waals surface area contributed by atoms with Crippen molar-refractivity contribution in [1.82, 2.24) is 0 Å². The monoisotopic (exact) mass is 265 g/mol.